The largest absolute Gasteiger partial charge is 0.508 e. The van der Waals surface area contributed by atoms with Crippen LogP contribution in [0, 0.1) is 0 Å². The van der Waals surface area contributed by atoms with Crippen LogP contribution in [-0.4, -0.2) is 33.7 Å². The van der Waals surface area contributed by atoms with Gasteiger partial charge in [0.2, 0.25) is 0 Å². The second kappa shape index (κ2) is 4.87. The number of aliphatic carboxylic acids is 1. The number of nitrogens with one attached hydrogen (secondary N) is 1. The van der Waals surface area contributed by atoms with Gasteiger partial charge < -0.3 is 15.2 Å². The number of halogens is 1. The topological polar surface area (TPSA) is 85.7 Å². The number of carboxylic acids is 1. The first-order valence-corrected chi connectivity index (χ1v) is 5.25. The Labute approximate surface area is 102 Å². The Balaban J connectivity index is 2.36. The lowest BCUT2D eigenvalue weighted by atomic mass is 10.1. The molecule has 5 nitrogen and oxygen atoms in total. The first-order chi connectivity index (χ1) is 8.61. The molecule has 0 aliphatic carbocycles. The number of rotatable bonds is 4. The number of carboxylic acid groups (broad SMARTS) is 1. The van der Waals surface area contributed by atoms with E-state index in [9.17, 15) is 14.3 Å². The Bertz CT molecular complexity index is 606. The molecule has 94 valence electrons. The summed E-state index contributed by atoms with van der Waals surface area (Å²) in [6, 6.07) is 3.56. The summed E-state index contributed by atoms with van der Waals surface area (Å²) in [5.74, 6) is -1.11. The van der Waals surface area contributed by atoms with Crippen LogP contribution in [0.5, 0.6) is 5.75 Å². The first kappa shape index (κ1) is 12.1. The number of nitrogens with zero attached hydrogens (tertiary/aromatic N) is 1. The van der Waals surface area contributed by atoms with Crippen molar-refractivity contribution in [1.82, 2.24) is 4.98 Å². The molecule has 0 spiro atoms. The zero-order chi connectivity index (χ0) is 13.1. The Hall–Kier alpha value is -2.37. The van der Waals surface area contributed by atoms with Gasteiger partial charge in [0.15, 0.2) is 12.5 Å². The van der Waals surface area contributed by atoms with Crippen molar-refractivity contribution in [2.45, 2.75) is 12.5 Å². The Morgan fingerprint density at radius 1 is 1.56 bits per heavy atom. The van der Waals surface area contributed by atoms with Gasteiger partial charge >= 0.3 is 5.97 Å². The number of aromatic nitrogens is 1. The van der Waals surface area contributed by atoms with Crippen molar-refractivity contribution in [3.8, 4) is 5.75 Å². The van der Waals surface area contributed by atoms with Crippen LogP contribution in [0.4, 0.5) is 4.39 Å². The predicted molar refractivity (Wildman–Crippen MR) is 64.7 cm³/mol. The molecule has 1 heterocycles. The lowest BCUT2D eigenvalue weighted by Crippen LogP contribution is -2.20. The number of benzene rings is 1. The van der Waals surface area contributed by atoms with Crippen LogP contribution in [0.1, 0.15) is 5.56 Å². The quantitative estimate of drug-likeness (QED) is 0.724. The Kier molecular flexibility index (Phi) is 3.27. The second-order valence-corrected chi connectivity index (χ2v) is 3.85. The van der Waals surface area contributed by atoms with Crippen LogP contribution < -0.4 is 0 Å². The zero-order valence-electron chi connectivity index (χ0n) is 9.30. The summed E-state index contributed by atoms with van der Waals surface area (Å²) in [5, 5.41) is 19.0. The molecule has 2 rings (SSSR count). The molecule has 0 fully saturated rings. The molecular weight excluding hydrogens is 239 g/mol. The number of phenols is 1. The van der Waals surface area contributed by atoms with Crippen molar-refractivity contribution in [1.29, 1.82) is 0 Å². The highest BCUT2D eigenvalue weighted by Crippen LogP contribution is 2.24. The molecule has 1 unspecified atom stereocenters. The van der Waals surface area contributed by atoms with E-state index in [1.165, 1.54) is 12.1 Å². The van der Waals surface area contributed by atoms with Crippen LogP contribution in [0.15, 0.2) is 29.4 Å². The summed E-state index contributed by atoms with van der Waals surface area (Å²) < 4.78 is 12.0. The van der Waals surface area contributed by atoms with Crippen molar-refractivity contribution in [3.05, 3.63) is 30.0 Å². The van der Waals surface area contributed by atoms with E-state index in [4.69, 9.17) is 5.11 Å². The molecule has 0 aliphatic rings. The lowest BCUT2D eigenvalue weighted by Gasteiger charge is -2.05. The average Bonchev–Trinajstić information content (AvgIpc) is 2.71. The predicted octanol–water partition coefficient (Wildman–Crippen LogP) is 1.87. The third-order valence-electron chi connectivity index (χ3n) is 2.69. The molecule has 1 atom stereocenters. The van der Waals surface area contributed by atoms with Crippen LogP contribution in [-0.2, 0) is 11.2 Å². The molecule has 0 aliphatic heterocycles. The van der Waals surface area contributed by atoms with Gasteiger partial charge in [-0.05, 0) is 23.8 Å². The number of aromatic amines is 1. The van der Waals surface area contributed by atoms with Gasteiger partial charge in [-0.25, -0.2) is 9.79 Å². The average molecular weight is 250 g/mol. The third-order valence-corrected chi connectivity index (χ3v) is 2.69. The number of hydrogen-bond donors (Lipinski definition) is 3. The second-order valence-electron chi connectivity index (χ2n) is 3.85. The maximum atomic E-state index is 12.0. The molecule has 3 N–H and O–H groups in total. The molecular formula is C12H11FN2O3. The summed E-state index contributed by atoms with van der Waals surface area (Å²) in [5.41, 5.74) is 1.44. The highest BCUT2D eigenvalue weighted by Gasteiger charge is 2.18. The zero-order valence-corrected chi connectivity index (χ0v) is 9.30. The number of carbonyl (C=O) groups is 1. The Morgan fingerprint density at radius 3 is 3.00 bits per heavy atom. The van der Waals surface area contributed by atoms with Gasteiger partial charge in [-0.1, -0.05) is 0 Å². The summed E-state index contributed by atoms with van der Waals surface area (Å²) in [6.45, 7) is -0.00883. The fourth-order valence-corrected chi connectivity index (χ4v) is 1.82. The smallest absolute Gasteiger partial charge is 0.328 e. The van der Waals surface area contributed by atoms with Gasteiger partial charge in [-0.3, -0.25) is 0 Å². The van der Waals surface area contributed by atoms with Crippen molar-refractivity contribution in [2.24, 2.45) is 4.99 Å². The van der Waals surface area contributed by atoms with Gasteiger partial charge in [0.25, 0.3) is 0 Å². The standard InChI is InChI=1S/C12H11FN2O3/c13-6-15-11(12(17)18)3-7-5-14-10-2-1-8(16)4-9(7)10/h1-2,4-6,11,14,16H,3H2,(H,17,18)/b15-6+. The highest BCUT2D eigenvalue weighted by molar-refractivity contribution is 5.85. The number of fused-ring (bicyclic) bond motifs is 1. The van der Waals surface area contributed by atoms with Gasteiger partial charge in [-0.15, -0.1) is 0 Å². The number of H-pyrrole nitrogens is 1. The van der Waals surface area contributed by atoms with Gasteiger partial charge in [-0.2, -0.15) is 4.39 Å². The number of aliphatic imine (C=N–C) groups is 1. The highest BCUT2D eigenvalue weighted by atomic mass is 19.1. The van der Waals surface area contributed by atoms with Gasteiger partial charge in [0, 0.05) is 23.5 Å². The molecule has 0 radical (unpaired) electrons. The summed E-state index contributed by atoms with van der Waals surface area (Å²) in [6.07, 6.45) is 1.69. The molecule has 1 aromatic heterocycles. The van der Waals surface area contributed by atoms with E-state index >= 15 is 0 Å². The first-order valence-electron chi connectivity index (χ1n) is 5.25. The Morgan fingerprint density at radius 2 is 2.33 bits per heavy atom. The van der Waals surface area contributed by atoms with E-state index in [0.29, 0.717) is 10.9 Å². The van der Waals surface area contributed by atoms with Crippen LogP contribution in [0.25, 0.3) is 10.9 Å². The monoisotopic (exact) mass is 250 g/mol. The SMILES string of the molecule is O=C(O)C(Cc1c[nH]c2ccc(O)cc12)/N=C/F. The molecule has 18 heavy (non-hydrogen) atoms. The van der Waals surface area contributed by atoms with Crippen molar-refractivity contribution >= 4 is 23.3 Å². The van der Waals surface area contributed by atoms with E-state index in [2.05, 4.69) is 9.98 Å². The van der Waals surface area contributed by atoms with Crippen LogP contribution >= 0.6 is 0 Å². The maximum Gasteiger partial charge on any atom is 0.328 e. The van der Waals surface area contributed by atoms with E-state index in [-0.39, 0.29) is 18.6 Å². The fourth-order valence-electron chi connectivity index (χ4n) is 1.82. The molecule has 2 aromatic rings. The fraction of sp³-hybridized carbons (Fsp3) is 0.167. The van der Waals surface area contributed by atoms with E-state index in [1.807, 2.05) is 0 Å². The summed E-state index contributed by atoms with van der Waals surface area (Å²) in [7, 11) is 0. The van der Waals surface area contributed by atoms with E-state index in [1.54, 1.807) is 12.3 Å². The number of hydrogen-bond acceptors (Lipinski definition) is 3. The minimum Gasteiger partial charge on any atom is -0.508 e. The van der Waals surface area contributed by atoms with E-state index in [0.717, 1.165) is 5.52 Å². The van der Waals surface area contributed by atoms with Crippen molar-refractivity contribution in [2.75, 3.05) is 0 Å². The summed E-state index contributed by atoms with van der Waals surface area (Å²) in [4.78, 5) is 17.1. The van der Waals surface area contributed by atoms with E-state index < -0.39 is 12.0 Å². The van der Waals surface area contributed by atoms with Crippen molar-refractivity contribution in [3.63, 3.8) is 0 Å². The molecule has 0 amide bonds. The molecule has 0 saturated carbocycles. The van der Waals surface area contributed by atoms with Crippen LogP contribution in [0.3, 0.4) is 0 Å². The molecule has 6 heteroatoms. The van der Waals surface area contributed by atoms with Gasteiger partial charge in [0.1, 0.15) is 5.75 Å². The maximum absolute atomic E-state index is 12.0. The molecule has 1 aromatic carbocycles. The third kappa shape index (κ3) is 2.32. The van der Waals surface area contributed by atoms with Crippen LogP contribution in [0.2, 0.25) is 0 Å². The minimum atomic E-state index is -1.20. The number of aromatic hydroxyl groups is 1. The number of phenolic OH excluding ortho intramolecular Hbond substituents is 1. The molecule has 0 saturated heterocycles. The summed E-state index contributed by atoms with van der Waals surface area (Å²) >= 11 is 0. The normalized spacial score (nSPS) is 13.2. The molecule has 0 bridgehead atoms. The van der Waals surface area contributed by atoms with Crippen molar-refractivity contribution < 1.29 is 19.4 Å². The minimum absolute atomic E-state index is 0.00883. The van der Waals surface area contributed by atoms with Gasteiger partial charge in [0.05, 0.1) is 0 Å². The lowest BCUT2D eigenvalue weighted by molar-refractivity contribution is -0.138.